The highest BCUT2D eigenvalue weighted by Crippen LogP contribution is 2.61. The van der Waals surface area contributed by atoms with Crippen LogP contribution in [0.4, 0.5) is 21.0 Å². The molecule has 3 unspecified atom stereocenters. The number of aryl methyl sites for hydroxylation is 2. The number of carbonyl (C=O) groups excluding carboxylic acids is 11. The van der Waals surface area contributed by atoms with Crippen LogP contribution in [-0.2, 0) is 121 Å². The number of imide groups is 1. The van der Waals surface area contributed by atoms with E-state index in [-0.39, 0.29) is 156 Å². The molecule has 10 rings (SSSR count). The second-order valence-corrected chi connectivity index (χ2v) is 42.1. The number of allylic oxidation sites excluding steroid dienone is 1. The summed E-state index contributed by atoms with van der Waals surface area (Å²) in [7, 11) is 6.19. The van der Waals surface area contributed by atoms with Crippen LogP contribution >= 0.6 is 0 Å². The molecule has 37 heteroatoms. The number of urea groups is 1. The Labute approximate surface area is 856 Å². The minimum Gasteiger partial charge on any atom is -0.508 e. The van der Waals surface area contributed by atoms with Gasteiger partial charge < -0.3 is 111 Å². The summed E-state index contributed by atoms with van der Waals surface area (Å²) in [6.45, 7) is 18.7. The molecule has 37 nitrogen and oxygen atoms in total. The Morgan fingerprint density at radius 2 is 1.08 bits per heavy atom. The molecule has 804 valence electrons. The Bertz CT molecular complexity index is 4810. The van der Waals surface area contributed by atoms with E-state index in [9.17, 15) is 57.8 Å². The molecule has 0 heterocycles. The molecule has 3 aromatic rings. The number of phenols is 1. The molecule has 0 aromatic heterocycles. The Balaban J connectivity index is 0.640. The van der Waals surface area contributed by atoms with Crippen molar-refractivity contribution in [1.82, 2.24) is 42.1 Å². The number of amides is 12. The first-order valence-corrected chi connectivity index (χ1v) is 52.9. The summed E-state index contributed by atoms with van der Waals surface area (Å²) < 4.78 is 58.1. The smallest absolute Gasteiger partial charge is 0.411 e. The number of carbonyl (C=O) groups is 11. The van der Waals surface area contributed by atoms with Crippen molar-refractivity contribution in [3.8, 4) is 17.6 Å². The Hall–Kier alpha value is -10.3. The molecule has 7 aliphatic carbocycles. The maximum absolute atomic E-state index is 14.9. The number of ether oxygens (including phenoxy) is 10. The fourth-order valence-corrected chi connectivity index (χ4v) is 22.4. The maximum atomic E-state index is 14.9. The van der Waals surface area contributed by atoms with E-state index in [4.69, 9.17) is 64.4 Å². The van der Waals surface area contributed by atoms with Crippen molar-refractivity contribution in [1.29, 1.82) is 5.53 Å². The van der Waals surface area contributed by atoms with Gasteiger partial charge in [0.2, 0.25) is 53.2 Å². The molecule has 12 amide bonds. The lowest BCUT2D eigenvalue weighted by Crippen LogP contribution is -2.60. The topological polar surface area (TPSA) is 500 Å². The number of primary amides is 2. The molecule has 13 atom stereocenters. The van der Waals surface area contributed by atoms with E-state index in [1.165, 1.54) is 5.56 Å². The minimum absolute atomic E-state index is 0.001000. The monoisotopic (exact) mass is 2030 g/mol. The second-order valence-electron chi connectivity index (χ2n) is 42.1. The van der Waals surface area contributed by atoms with Crippen molar-refractivity contribution in [3.63, 3.8) is 0 Å². The number of phenolic OH excluding ortho intramolecular Hbond substituents is 1. The number of unbranched alkanes of at least 4 members (excludes halogenated alkanes) is 2. The number of likely N-dealkylation sites (N-methyl/N-ethyl adjacent to an activating group) is 1. The van der Waals surface area contributed by atoms with E-state index >= 15 is 0 Å². The van der Waals surface area contributed by atoms with Gasteiger partial charge in [0.15, 0.2) is 0 Å². The van der Waals surface area contributed by atoms with E-state index < -0.39 is 82.8 Å². The zero-order valence-corrected chi connectivity index (χ0v) is 87.3. The molecular weight excluding hydrogens is 1860 g/mol. The lowest BCUT2D eigenvalue weighted by Gasteiger charge is -2.56. The van der Waals surface area contributed by atoms with Gasteiger partial charge >= 0.3 is 12.1 Å². The Kier molecular flexibility index (Phi) is 47.5. The van der Waals surface area contributed by atoms with Gasteiger partial charge in [0.1, 0.15) is 42.8 Å². The van der Waals surface area contributed by atoms with Crippen molar-refractivity contribution >= 4 is 76.7 Å². The van der Waals surface area contributed by atoms with Gasteiger partial charge in [0.25, 0.3) is 0 Å². The first-order valence-electron chi connectivity index (χ1n) is 52.9. The number of benzene rings is 3. The molecule has 0 radical (unpaired) electrons. The lowest BCUT2D eigenvalue weighted by atomic mass is 9.49. The lowest BCUT2D eigenvalue weighted by molar-refractivity contribution is -0.869. The summed E-state index contributed by atoms with van der Waals surface area (Å²) >= 11 is 0. The van der Waals surface area contributed by atoms with Crippen LogP contribution in [0.1, 0.15) is 236 Å². The van der Waals surface area contributed by atoms with E-state index in [0.717, 1.165) is 123 Å². The third-order valence-electron chi connectivity index (χ3n) is 30.4. The second kappa shape index (κ2) is 59.1. The molecule has 0 bridgehead atoms. The van der Waals surface area contributed by atoms with Crippen molar-refractivity contribution in [2.24, 2.45) is 62.9 Å². The molecule has 3 saturated carbocycles. The summed E-state index contributed by atoms with van der Waals surface area (Å²) in [6, 6.07) is 15.4. The number of fused-ring (bicyclic) bond motifs is 7. The number of nitrogens with two attached hydrogens (primary N) is 2. The number of anilines is 2. The summed E-state index contributed by atoms with van der Waals surface area (Å²) in [5.41, 5.74) is 25.1. The van der Waals surface area contributed by atoms with Crippen LogP contribution in [0.5, 0.6) is 5.75 Å². The minimum atomic E-state index is -1.06. The SMILES string of the molecule is CC(C)[C@H](NC(=O)[C@@H](CCCCNC(=O)COC1CCC(N(CCCCC(=O)Nc2ccc(COC(=O)Nc3ccc4c(c3)[C@@]3(C)CCC[C@](C)(C(=O)NC(=O)[C@@]5(C)CCC[C@]6(C)c7cc(O)ccc7CC[C@@H]56)C3CC4)cc2)C(N)=O)CC/C(NCCOCCOCCOCCOCCC(=O)NCC[N+](C)(C)C)=C\1N=N)NC(=O)CCOCCOCCOCCOCCNC(=O)CC[C@@H]1[C@@H]2CCC#CCC[C@@H]21)C(N)=O. The van der Waals surface area contributed by atoms with Gasteiger partial charge in [-0.15, -0.1) is 11.8 Å². The molecular formula is C108H166N15O22+. The van der Waals surface area contributed by atoms with Crippen LogP contribution in [0.15, 0.2) is 77.2 Å². The first kappa shape index (κ1) is 117. The molecule has 3 fully saturated rings. The molecule has 145 heavy (non-hydrogen) atoms. The number of aromatic hydroxyl groups is 1. The molecule has 0 aliphatic heterocycles. The highest BCUT2D eigenvalue weighted by Gasteiger charge is 2.59. The summed E-state index contributed by atoms with van der Waals surface area (Å²) in [5, 5.41) is 41.0. The number of hydrogen-bond donors (Lipinski definition) is 13. The molecule has 3 aromatic carbocycles. The number of quaternary nitrogens is 1. The summed E-state index contributed by atoms with van der Waals surface area (Å²) in [6.07, 6.45) is 15.3. The maximum Gasteiger partial charge on any atom is 0.411 e. The van der Waals surface area contributed by atoms with Gasteiger partial charge in [0, 0.05) is 87.8 Å². The Morgan fingerprint density at radius 1 is 0.538 bits per heavy atom. The first-order chi connectivity index (χ1) is 69.6. The summed E-state index contributed by atoms with van der Waals surface area (Å²) in [5.74, 6) is 5.41. The van der Waals surface area contributed by atoms with Crippen molar-refractivity contribution in [2.45, 2.75) is 263 Å². The van der Waals surface area contributed by atoms with Crippen LogP contribution in [0.25, 0.3) is 0 Å². The van der Waals surface area contributed by atoms with Crippen LogP contribution in [0, 0.1) is 63.7 Å². The molecule has 7 aliphatic rings. The van der Waals surface area contributed by atoms with Gasteiger partial charge in [-0.1, -0.05) is 78.6 Å². The van der Waals surface area contributed by atoms with Gasteiger partial charge in [-0.25, -0.2) is 15.1 Å². The number of nitrogens with zero attached hydrogens (tertiary/aromatic N) is 3. The highest BCUT2D eigenvalue weighted by atomic mass is 16.6. The van der Waals surface area contributed by atoms with Gasteiger partial charge in [0.05, 0.1) is 151 Å². The predicted molar refractivity (Wildman–Crippen MR) is 547 cm³/mol. The van der Waals surface area contributed by atoms with E-state index in [1.807, 2.05) is 44.2 Å². The quantitative estimate of drug-likeness (QED) is 0.00821. The van der Waals surface area contributed by atoms with Crippen LogP contribution in [0.2, 0.25) is 0 Å². The highest BCUT2D eigenvalue weighted by molar-refractivity contribution is 6.01. The number of nitrogens with one attached hydrogen (secondary N) is 10. The van der Waals surface area contributed by atoms with Gasteiger partial charge in [-0.3, -0.25) is 53.8 Å². The molecule has 15 N–H and O–H groups in total. The zero-order chi connectivity index (χ0) is 104. The van der Waals surface area contributed by atoms with Crippen LogP contribution in [-0.4, -0.2) is 277 Å². The van der Waals surface area contributed by atoms with Crippen molar-refractivity contribution < 1.29 is 110 Å². The Morgan fingerprint density at radius 3 is 1.65 bits per heavy atom. The average molecular weight is 2030 g/mol. The zero-order valence-electron chi connectivity index (χ0n) is 87.3. The van der Waals surface area contributed by atoms with E-state index in [1.54, 1.807) is 49.1 Å². The van der Waals surface area contributed by atoms with Crippen molar-refractivity contribution in [3.05, 3.63) is 99.9 Å². The number of rotatable bonds is 63. The third-order valence-corrected chi connectivity index (χ3v) is 30.4. The average Bonchev–Trinajstić information content (AvgIpc) is 1.25. The summed E-state index contributed by atoms with van der Waals surface area (Å²) in [4.78, 5) is 149. The molecule has 0 spiro atoms. The van der Waals surface area contributed by atoms with Crippen LogP contribution < -0.4 is 59.3 Å². The standard InChI is InChI=1S/C108H165N15O22/c1-74(2)97(99(109)130)119-100(131)88(118-95(128)43-55-137-59-63-141-67-69-143-65-61-139-57-51-115-92(125)41-36-84-82-20-12-10-11-13-21-83(82)84)22-14-16-48-113-96(129)73-144-89-38-34-80(33-37-87(98(89)121-111)112-50-56-138-60-64-142-68-66-140-62-58-136-54-42-93(126)114-49-53-123(7,8)9)122(103(110)134)52-17-15-23-94(127)116-78-30-24-75(25-31-78)72-145-104(135)117-79-32-26-76-28-39-90-105(3,85(76)70-79)44-18-46-107(90,5)101(132)120-102(133)108(6)47-19-45-106(4)86-71-81(124)35-27-77(86)29-40-91(106)108/h24-27,30-32,35,70-71,74,80,82-84,88-91,97H,12-23,28-29,33-34,36-69,72-73H2,1-9H3,(H14-,109,110,111,112,113,114,115,116,117,118,119,120,124,125,126,127,128,129,130,131,132,133,134,135)/p+1/t80?,82-,83+,84-,88-,89?,90?,91-,97+,105-,106-,107+,108+/m1/s1. The van der Waals surface area contributed by atoms with Gasteiger partial charge in [-0.2, -0.15) is 5.11 Å². The predicted octanol–water partition coefficient (Wildman–Crippen LogP) is 10.6. The normalized spacial score (nSPS) is 23.4. The van der Waals surface area contributed by atoms with Crippen LogP contribution in [0.3, 0.4) is 0 Å². The third kappa shape index (κ3) is 36.6. The fourth-order valence-electron chi connectivity index (χ4n) is 22.4. The van der Waals surface area contributed by atoms with E-state index in [0.29, 0.717) is 179 Å². The van der Waals surface area contributed by atoms with Crippen molar-refractivity contribution in [2.75, 3.05) is 183 Å². The fraction of sp³-hybridized carbons (Fsp3) is 0.694. The number of hydrogen-bond acceptors (Lipinski definition) is 25. The van der Waals surface area contributed by atoms with E-state index in [2.05, 4.69) is 99.8 Å². The largest absolute Gasteiger partial charge is 0.508 e. The van der Waals surface area contributed by atoms with Gasteiger partial charge in [-0.05, 0) is 239 Å². The molecule has 0 saturated heterocycles.